The molecule has 38 heavy (non-hydrogen) atoms. The molecule has 4 heterocycles. The summed E-state index contributed by atoms with van der Waals surface area (Å²) >= 11 is 0. The van der Waals surface area contributed by atoms with Crippen LogP contribution in [0.15, 0.2) is 36.8 Å². The molecule has 1 aromatic carbocycles. The molecule has 2 aliphatic heterocycles. The van der Waals surface area contributed by atoms with Crippen molar-refractivity contribution in [3.8, 4) is 5.75 Å². The Morgan fingerprint density at radius 3 is 2.66 bits per heavy atom. The Hall–Kier alpha value is -3.38. The average Bonchev–Trinajstić information content (AvgIpc) is 3.32. The van der Waals surface area contributed by atoms with Gasteiger partial charge in [-0.1, -0.05) is 0 Å². The van der Waals surface area contributed by atoms with E-state index in [4.69, 9.17) is 4.74 Å². The van der Waals surface area contributed by atoms with Crippen molar-refractivity contribution in [3.05, 3.63) is 47.9 Å². The number of hydrogen-bond donors (Lipinski definition) is 3. The number of ether oxygens (including phenoxy) is 1. The van der Waals surface area contributed by atoms with Crippen LogP contribution in [0.1, 0.15) is 54.9 Å². The Kier molecular flexibility index (Phi) is 6.72. The van der Waals surface area contributed by atoms with Crippen molar-refractivity contribution < 1.29 is 32.9 Å². The summed E-state index contributed by atoms with van der Waals surface area (Å²) in [5.41, 5.74) is -0.351. The van der Waals surface area contributed by atoms with Gasteiger partial charge in [-0.3, -0.25) is 4.79 Å². The Labute approximate surface area is 217 Å². The normalized spacial score (nSPS) is 20.9. The molecule has 3 aromatic rings. The fourth-order valence-corrected chi connectivity index (χ4v) is 5.41. The number of alkyl halides is 3. The quantitative estimate of drug-likeness (QED) is 0.458. The van der Waals surface area contributed by atoms with Crippen molar-refractivity contribution in [2.24, 2.45) is 5.92 Å². The maximum absolute atomic E-state index is 13.4. The predicted molar refractivity (Wildman–Crippen MR) is 134 cm³/mol. The van der Waals surface area contributed by atoms with E-state index in [1.165, 1.54) is 10.7 Å². The van der Waals surface area contributed by atoms with E-state index in [2.05, 4.69) is 15.4 Å². The van der Waals surface area contributed by atoms with Crippen LogP contribution in [0, 0.1) is 5.92 Å². The van der Waals surface area contributed by atoms with Gasteiger partial charge in [0.25, 0.3) is 5.91 Å². The zero-order chi connectivity index (χ0) is 27.2. The van der Waals surface area contributed by atoms with Crippen LogP contribution in [0.3, 0.4) is 0 Å². The third-order valence-electron chi connectivity index (χ3n) is 7.77. The second-order valence-electron chi connectivity index (χ2n) is 10.2. The molecule has 3 atom stereocenters. The van der Waals surface area contributed by atoms with Crippen molar-refractivity contribution in [1.29, 1.82) is 0 Å². The number of carbonyl (C=O) groups excluding carboxylic acids is 1. The first kappa shape index (κ1) is 26.2. The van der Waals surface area contributed by atoms with E-state index in [1.807, 2.05) is 4.90 Å². The number of hydrogen-bond acceptors (Lipinski definition) is 7. The van der Waals surface area contributed by atoms with Crippen LogP contribution in [0.4, 0.5) is 24.5 Å². The average molecular weight is 534 g/mol. The largest absolute Gasteiger partial charge is 0.493 e. The van der Waals surface area contributed by atoms with Crippen LogP contribution in [0.2, 0.25) is 0 Å². The highest BCUT2D eigenvalue weighted by molar-refractivity contribution is 6.09. The van der Waals surface area contributed by atoms with Gasteiger partial charge in [0, 0.05) is 43.0 Å². The van der Waals surface area contributed by atoms with Crippen molar-refractivity contribution in [1.82, 2.24) is 14.6 Å². The summed E-state index contributed by atoms with van der Waals surface area (Å²) in [6.07, 6.45) is 0.123. The van der Waals surface area contributed by atoms with E-state index in [1.54, 1.807) is 37.5 Å². The molecule has 1 amide bonds. The van der Waals surface area contributed by atoms with Crippen LogP contribution < -0.4 is 15.0 Å². The lowest BCUT2D eigenvalue weighted by Gasteiger charge is -2.41. The van der Waals surface area contributed by atoms with E-state index in [0.717, 1.165) is 12.5 Å². The molecule has 1 saturated heterocycles. The van der Waals surface area contributed by atoms with Gasteiger partial charge in [-0.2, -0.15) is 18.3 Å². The van der Waals surface area contributed by atoms with Gasteiger partial charge >= 0.3 is 6.18 Å². The van der Waals surface area contributed by atoms with Crippen LogP contribution in [0.5, 0.6) is 5.75 Å². The fraction of sp³-hybridized carbons (Fsp3) is 0.500. The number of nitrogens with zero attached hydrogens (tertiary/aromatic N) is 4. The summed E-state index contributed by atoms with van der Waals surface area (Å²) in [6.45, 7) is 3.44. The number of aliphatic hydroxyl groups is 2. The number of amides is 1. The molecule has 2 aliphatic rings. The molecule has 0 radical (unpaired) electrons. The van der Waals surface area contributed by atoms with Gasteiger partial charge in [0.05, 0.1) is 30.3 Å². The highest BCUT2D eigenvalue weighted by atomic mass is 19.4. The number of aliphatic hydroxyl groups excluding tert-OH is 1. The topological polar surface area (TPSA) is 112 Å². The molecular formula is C26H30F3N5O4. The zero-order valence-electron chi connectivity index (χ0n) is 21.1. The van der Waals surface area contributed by atoms with Gasteiger partial charge in [-0.25, -0.2) is 9.50 Å². The first-order chi connectivity index (χ1) is 18.0. The smallest absolute Gasteiger partial charge is 0.417 e. The molecule has 1 fully saturated rings. The second-order valence-corrected chi connectivity index (χ2v) is 10.2. The van der Waals surface area contributed by atoms with Gasteiger partial charge in [0.1, 0.15) is 11.3 Å². The van der Waals surface area contributed by atoms with Gasteiger partial charge in [0.2, 0.25) is 0 Å². The summed E-state index contributed by atoms with van der Waals surface area (Å²) in [5.74, 6) is -1.03. The lowest BCUT2D eigenvalue weighted by Crippen LogP contribution is -2.52. The maximum Gasteiger partial charge on any atom is 0.417 e. The zero-order valence-corrected chi connectivity index (χ0v) is 21.1. The monoisotopic (exact) mass is 533 g/mol. The molecule has 0 saturated carbocycles. The van der Waals surface area contributed by atoms with Crippen LogP contribution in [-0.4, -0.2) is 68.3 Å². The minimum Gasteiger partial charge on any atom is -0.493 e. The first-order valence-corrected chi connectivity index (χ1v) is 12.6. The first-order valence-electron chi connectivity index (χ1n) is 12.6. The summed E-state index contributed by atoms with van der Waals surface area (Å²) in [6, 6.07) is 5.24. The van der Waals surface area contributed by atoms with Gasteiger partial charge < -0.3 is 25.2 Å². The van der Waals surface area contributed by atoms with E-state index in [9.17, 15) is 28.2 Å². The number of piperidine rings is 1. The Morgan fingerprint density at radius 2 is 1.97 bits per heavy atom. The highest BCUT2D eigenvalue weighted by Gasteiger charge is 2.55. The molecule has 3 N–H and O–H groups in total. The van der Waals surface area contributed by atoms with Crippen LogP contribution in [0.25, 0.3) is 5.65 Å². The SMILES string of the molecule is CC(O)C1CCOc2cc(N3CCC([C@](C)(O)C(F)(F)F)CC3)c(NC(=O)c3cnn4cccnc34)cc21. The molecule has 204 valence electrons. The minimum atomic E-state index is -4.73. The molecule has 5 rings (SSSR count). The molecule has 12 heteroatoms. The molecule has 2 unspecified atom stereocenters. The van der Waals surface area contributed by atoms with E-state index in [0.29, 0.717) is 35.8 Å². The number of nitrogens with one attached hydrogen (secondary N) is 1. The van der Waals surface area contributed by atoms with Gasteiger partial charge in [-0.15, -0.1) is 0 Å². The van der Waals surface area contributed by atoms with Crippen LogP contribution in [-0.2, 0) is 0 Å². The van der Waals surface area contributed by atoms with Crippen molar-refractivity contribution in [2.75, 3.05) is 29.9 Å². The number of halogens is 3. The third kappa shape index (κ3) is 4.66. The Morgan fingerprint density at radius 1 is 1.24 bits per heavy atom. The van der Waals surface area contributed by atoms with Crippen molar-refractivity contribution >= 4 is 22.9 Å². The summed E-state index contributed by atoms with van der Waals surface area (Å²) < 4.78 is 47.6. The van der Waals surface area contributed by atoms with E-state index >= 15 is 0 Å². The molecular weight excluding hydrogens is 503 g/mol. The van der Waals surface area contributed by atoms with Gasteiger partial charge in [-0.05, 0) is 51.2 Å². The molecule has 0 bridgehead atoms. The number of aromatic nitrogens is 3. The van der Waals surface area contributed by atoms with E-state index in [-0.39, 0.29) is 37.4 Å². The maximum atomic E-state index is 13.4. The predicted octanol–water partition coefficient (Wildman–Crippen LogP) is 3.76. The molecule has 0 aliphatic carbocycles. The number of benzene rings is 1. The molecule has 9 nitrogen and oxygen atoms in total. The highest BCUT2D eigenvalue weighted by Crippen LogP contribution is 2.45. The number of rotatable bonds is 5. The standard InChI is InChI=1S/C26H30F3N5O4/c1-15(35)17-6-11-38-22-13-21(33-9-4-16(5-10-33)25(2,37)26(27,28)29)20(12-18(17)22)32-24(36)19-14-31-34-8-3-7-30-23(19)34/h3,7-8,12-17,35,37H,4-6,9-11H2,1-2H3,(H,32,36)/t15?,17?,25-/m0/s1. The lowest BCUT2D eigenvalue weighted by molar-refractivity contribution is -0.273. The number of fused-ring (bicyclic) bond motifs is 2. The van der Waals surface area contributed by atoms with Crippen molar-refractivity contribution in [2.45, 2.75) is 56.9 Å². The summed E-state index contributed by atoms with van der Waals surface area (Å²) in [4.78, 5) is 19.5. The number of carbonyl (C=O) groups is 1. The molecule has 0 spiro atoms. The van der Waals surface area contributed by atoms with E-state index < -0.39 is 29.7 Å². The van der Waals surface area contributed by atoms with Crippen LogP contribution >= 0.6 is 0 Å². The lowest BCUT2D eigenvalue weighted by atomic mass is 9.81. The summed E-state index contributed by atoms with van der Waals surface area (Å²) in [5, 5.41) is 27.6. The molecule has 2 aromatic heterocycles. The number of anilines is 2. The fourth-order valence-electron chi connectivity index (χ4n) is 5.41. The second kappa shape index (κ2) is 9.73. The Balaban J connectivity index is 1.48. The van der Waals surface area contributed by atoms with Crippen molar-refractivity contribution in [3.63, 3.8) is 0 Å². The summed E-state index contributed by atoms with van der Waals surface area (Å²) in [7, 11) is 0. The minimum absolute atomic E-state index is 0.117. The van der Waals surface area contributed by atoms with Gasteiger partial charge in [0.15, 0.2) is 11.2 Å². The third-order valence-corrected chi connectivity index (χ3v) is 7.77. The Bertz CT molecular complexity index is 1330.